The maximum atomic E-state index is 13.0. The molecule has 3 heterocycles. The van der Waals surface area contributed by atoms with Crippen molar-refractivity contribution in [3.63, 3.8) is 0 Å². The summed E-state index contributed by atoms with van der Waals surface area (Å²) in [5.74, 6) is -0.392. The van der Waals surface area contributed by atoms with Crippen LogP contribution < -0.4 is 0 Å². The van der Waals surface area contributed by atoms with Crippen LogP contribution in [0.25, 0.3) is 17.0 Å². The average Bonchev–Trinajstić information content (AvgIpc) is 3.51. The minimum Gasteiger partial charge on any atom is -0.390 e. The Morgan fingerprint density at radius 2 is 1.91 bits per heavy atom. The third-order valence-corrected chi connectivity index (χ3v) is 14.2. The van der Waals surface area contributed by atoms with Crippen LogP contribution in [0.3, 0.4) is 0 Å². The summed E-state index contributed by atoms with van der Waals surface area (Å²) in [4.78, 5) is 3.82. The van der Waals surface area contributed by atoms with E-state index in [-0.39, 0.29) is 17.9 Å². The number of aromatic amines is 1. The van der Waals surface area contributed by atoms with Gasteiger partial charge in [0.05, 0.1) is 11.7 Å². The highest BCUT2D eigenvalue weighted by Crippen LogP contribution is 2.75. The number of aromatic nitrogens is 1. The molecule has 7 nitrogen and oxygen atoms in total. The summed E-state index contributed by atoms with van der Waals surface area (Å²) in [5.41, 5.74) is 2.68. The van der Waals surface area contributed by atoms with Gasteiger partial charge in [0.1, 0.15) is 29.5 Å². The van der Waals surface area contributed by atoms with Crippen LogP contribution in [-0.4, -0.2) is 66.6 Å². The summed E-state index contributed by atoms with van der Waals surface area (Å²) in [6, 6.07) is 4.23. The molecule has 0 unspecified atom stereocenters. The van der Waals surface area contributed by atoms with Gasteiger partial charge in [-0.05, 0) is 89.0 Å². The highest BCUT2D eigenvalue weighted by atomic mass is 16.7. The van der Waals surface area contributed by atoms with E-state index in [1.54, 1.807) is 13.8 Å². The maximum absolute atomic E-state index is 13.0. The standard InChI is InChI=1S/C37H45NO6/c1-17(2)29-28(39)31-37(44-31)25(43-29)11-12-33(6)34(7)20(10-13-35(33,37)41)15-21-26-23(38-30(21)34)9-8-19-14-18(3)22-16-24(32(4,5)40)36(22,42)27(19)26/h8-9,15,22,24-25,28-29,31,38-42H,1,3,10-14,16H2,2,4-7H3/t22-,24-,25+,28+,29-,31-,33-,34-,35+,36+,37-/m1/s1. The van der Waals surface area contributed by atoms with Crippen LogP contribution in [0, 0.1) is 17.3 Å². The predicted molar refractivity (Wildman–Crippen MR) is 167 cm³/mol. The second-order valence-electron chi connectivity index (χ2n) is 16.3. The summed E-state index contributed by atoms with van der Waals surface area (Å²) in [6.45, 7) is 18.4. The van der Waals surface area contributed by atoms with E-state index in [9.17, 15) is 20.4 Å². The van der Waals surface area contributed by atoms with Gasteiger partial charge in [-0.25, -0.2) is 0 Å². The van der Waals surface area contributed by atoms with E-state index in [0.717, 1.165) is 70.1 Å². The van der Waals surface area contributed by atoms with Gasteiger partial charge in [0.25, 0.3) is 0 Å². The lowest BCUT2D eigenvalue weighted by Crippen LogP contribution is -2.75. The van der Waals surface area contributed by atoms with Crippen molar-refractivity contribution in [2.75, 3.05) is 0 Å². The van der Waals surface area contributed by atoms with Crippen molar-refractivity contribution in [2.45, 2.75) is 125 Å². The zero-order valence-electron chi connectivity index (χ0n) is 26.5. The molecule has 0 bridgehead atoms. The molecule has 0 amide bonds. The summed E-state index contributed by atoms with van der Waals surface area (Å²) in [5, 5.41) is 49.1. The second-order valence-corrected chi connectivity index (χ2v) is 16.3. The fraction of sp³-hybridized carbons (Fsp3) is 0.622. The summed E-state index contributed by atoms with van der Waals surface area (Å²) in [6.07, 6.45) is 4.27. The first-order valence-electron chi connectivity index (χ1n) is 16.5. The number of nitrogens with one attached hydrogen (secondary N) is 1. The molecular weight excluding hydrogens is 554 g/mol. The minimum atomic E-state index is -1.22. The molecule has 1 aromatic carbocycles. The number of epoxide rings is 1. The van der Waals surface area contributed by atoms with Crippen molar-refractivity contribution in [1.82, 2.24) is 4.98 Å². The summed E-state index contributed by atoms with van der Waals surface area (Å²) < 4.78 is 12.9. The molecule has 3 saturated carbocycles. The van der Waals surface area contributed by atoms with Gasteiger partial charge in [-0.1, -0.05) is 43.4 Å². The van der Waals surface area contributed by atoms with Crippen LogP contribution >= 0.6 is 0 Å². The number of benzene rings is 1. The van der Waals surface area contributed by atoms with Gasteiger partial charge in [-0.3, -0.25) is 0 Å². The molecule has 44 heavy (non-hydrogen) atoms. The number of fused-ring (bicyclic) bond motifs is 11. The molecule has 5 aliphatic carbocycles. The third-order valence-electron chi connectivity index (χ3n) is 14.2. The Balaban J connectivity index is 1.22. The Labute approximate surface area is 258 Å². The molecule has 9 rings (SSSR count). The molecule has 7 heteroatoms. The van der Waals surface area contributed by atoms with Crippen molar-refractivity contribution in [1.29, 1.82) is 0 Å². The van der Waals surface area contributed by atoms with Crippen molar-refractivity contribution in [2.24, 2.45) is 17.3 Å². The van der Waals surface area contributed by atoms with E-state index in [1.165, 1.54) is 5.57 Å². The first kappa shape index (κ1) is 28.0. The van der Waals surface area contributed by atoms with Gasteiger partial charge in [0.2, 0.25) is 0 Å². The number of hydrogen-bond donors (Lipinski definition) is 5. The number of hydrogen-bond acceptors (Lipinski definition) is 6. The molecule has 1 spiro atoms. The van der Waals surface area contributed by atoms with E-state index in [4.69, 9.17) is 9.47 Å². The van der Waals surface area contributed by atoms with Gasteiger partial charge >= 0.3 is 0 Å². The van der Waals surface area contributed by atoms with Crippen LogP contribution in [0.5, 0.6) is 0 Å². The minimum absolute atomic E-state index is 0.0869. The Kier molecular flexibility index (Phi) is 4.97. The van der Waals surface area contributed by atoms with E-state index in [0.29, 0.717) is 12.8 Å². The van der Waals surface area contributed by atoms with E-state index in [2.05, 4.69) is 50.2 Å². The summed E-state index contributed by atoms with van der Waals surface area (Å²) in [7, 11) is 0. The number of aliphatic hydroxyl groups is 4. The number of ether oxygens (including phenoxy) is 2. The number of rotatable bonds is 2. The smallest absolute Gasteiger partial charge is 0.153 e. The number of H-pyrrole nitrogens is 1. The molecular formula is C37H45NO6. The molecule has 1 aromatic heterocycles. The monoisotopic (exact) mass is 599 g/mol. The molecule has 5 N–H and O–H groups in total. The Bertz CT molecular complexity index is 1750. The normalized spacial score (nSPS) is 48.1. The molecule has 11 atom stereocenters. The third kappa shape index (κ3) is 2.70. The second kappa shape index (κ2) is 7.81. The van der Waals surface area contributed by atoms with E-state index >= 15 is 0 Å². The zero-order chi connectivity index (χ0) is 31.1. The Morgan fingerprint density at radius 3 is 2.61 bits per heavy atom. The van der Waals surface area contributed by atoms with Crippen LogP contribution in [0.1, 0.15) is 89.1 Å². The van der Waals surface area contributed by atoms with Crippen LogP contribution in [0.4, 0.5) is 0 Å². The van der Waals surface area contributed by atoms with Gasteiger partial charge in [-0.15, -0.1) is 0 Å². The number of allylic oxidation sites excluding steroid dienone is 1. The number of aliphatic hydroxyl groups excluding tert-OH is 1. The first-order chi connectivity index (χ1) is 20.6. The van der Waals surface area contributed by atoms with Crippen LogP contribution in [-0.2, 0) is 26.9 Å². The first-order valence-corrected chi connectivity index (χ1v) is 16.5. The Hall–Kier alpha value is -2.26. The van der Waals surface area contributed by atoms with Crippen molar-refractivity contribution >= 4 is 17.0 Å². The SMILES string of the molecule is C=C(C)[C@H]1O[C@H]2CC[C@@]3(C)[C@@](O)(CCC4=Cc5c([nH]c6ccc7c(c56)[C@]5(O)[C@H](C[C@@H]5C(C)(C)O)C(=C)C7)[C@@]43C)[C@@]23O[C@@H]3[C@H]1O. The van der Waals surface area contributed by atoms with Gasteiger partial charge in [0, 0.05) is 44.8 Å². The average molecular weight is 600 g/mol. The molecule has 234 valence electrons. The lowest BCUT2D eigenvalue weighted by molar-refractivity contribution is -0.249. The van der Waals surface area contributed by atoms with Crippen molar-refractivity contribution in [3.05, 3.63) is 64.4 Å². The summed E-state index contributed by atoms with van der Waals surface area (Å²) >= 11 is 0. The van der Waals surface area contributed by atoms with Gasteiger partial charge in [-0.2, -0.15) is 0 Å². The van der Waals surface area contributed by atoms with Crippen LogP contribution in [0.2, 0.25) is 0 Å². The van der Waals surface area contributed by atoms with Crippen LogP contribution in [0.15, 0.2) is 42.0 Å². The van der Waals surface area contributed by atoms with Crippen molar-refractivity contribution in [3.8, 4) is 0 Å². The Morgan fingerprint density at radius 1 is 1.16 bits per heavy atom. The van der Waals surface area contributed by atoms with Crippen molar-refractivity contribution < 1.29 is 29.9 Å². The highest BCUT2D eigenvalue weighted by molar-refractivity contribution is 5.98. The van der Waals surface area contributed by atoms with E-state index in [1.807, 2.05) is 6.92 Å². The molecule has 7 aliphatic rings. The molecule has 5 fully saturated rings. The molecule has 0 radical (unpaired) electrons. The largest absolute Gasteiger partial charge is 0.390 e. The fourth-order valence-corrected chi connectivity index (χ4v) is 11.7. The predicted octanol–water partition coefficient (Wildman–Crippen LogP) is 4.70. The quantitative estimate of drug-likeness (QED) is 0.252. The van der Waals surface area contributed by atoms with Gasteiger partial charge in [0.15, 0.2) is 5.60 Å². The highest BCUT2D eigenvalue weighted by Gasteiger charge is 2.85. The van der Waals surface area contributed by atoms with Gasteiger partial charge < -0.3 is 34.9 Å². The molecule has 2 saturated heterocycles. The molecule has 2 aromatic rings. The topological polar surface area (TPSA) is 118 Å². The fourth-order valence-electron chi connectivity index (χ4n) is 11.7. The lowest BCUT2D eigenvalue weighted by atomic mass is 9.41. The zero-order valence-corrected chi connectivity index (χ0v) is 26.5. The maximum Gasteiger partial charge on any atom is 0.153 e. The van der Waals surface area contributed by atoms with E-state index < -0.39 is 51.5 Å². The molecule has 2 aliphatic heterocycles. The lowest BCUT2D eigenvalue weighted by Gasteiger charge is -2.65.